The van der Waals surface area contributed by atoms with Gasteiger partial charge in [-0.05, 0) is 55.7 Å². The van der Waals surface area contributed by atoms with E-state index in [9.17, 15) is 4.39 Å². The second-order valence-corrected chi connectivity index (χ2v) is 6.86. The van der Waals surface area contributed by atoms with Gasteiger partial charge in [0.2, 0.25) is 0 Å². The number of hydrogen-bond donors (Lipinski definition) is 1. The molecule has 3 atom stereocenters. The highest BCUT2D eigenvalue weighted by Crippen LogP contribution is 2.40. The summed E-state index contributed by atoms with van der Waals surface area (Å²) in [5.74, 6) is 1.60. The number of likely N-dealkylation sites (tertiary alicyclic amines) is 1. The highest BCUT2D eigenvalue weighted by atomic mass is 19.1. The molecule has 1 aliphatic heterocycles. The first-order chi connectivity index (χ1) is 9.60. The Kier molecular flexibility index (Phi) is 3.83. The third-order valence-electron chi connectivity index (χ3n) is 5.43. The molecule has 0 radical (unpaired) electrons. The van der Waals surface area contributed by atoms with Crippen molar-refractivity contribution in [2.75, 3.05) is 19.6 Å². The lowest BCUT2D eigenvalue weighted by Gasteiger charge is -2.39. The number of halogens is 1. The van der Waals surface area contributed by atoms with Crippen LogP contribution in [0.2, 0.25) is 0 Å². The maximum absolute atomic E-state index is 13.0. The topological polar surface area (TPSA) is 29.3 Å². The number of benzene rings is 1. The first-order valence-corrected chi connectivity index (χ1v) is 7.80. The van der Waals surface area contributed by atoms with E-state index in [-0.39, 0.29) is 11.4 Å². The molecule has 2 N–H and O–H groups in total. The van der Waals surface area contributed by atoms with Gasteiger partial charge >= 0.3 is 0 Å². The third-order valence-corrected chi connectivity index (χ3v) is 5.43. The lowest BCUT2D eigenvalue weighted by atomic mass is 9.91. The molecule has 0 spiro atoms. The summed E-state index contributed by atoms with van der Waals surface area (Å²) >= 11 is 0. The molecule has 0 aromatic heterocycles. The van der Waals surface area contributed by atoms with E-state index in [0.717, 1.165) is 18.3 Å². The maximum Gasteiger partial charge on any atom is 0.123 e. The quantitative estimate of drug-likeness (QED) is 0.916. The van der Waals surface area contributed by atoms with Crippen LogP contribution >= 0.6 is 0 Å². The highest BCUT2D eigenvalue weighted by Gasteiger charge is 2.42. The summed E-state index contributed by atoms with van der Waals surface area (Å²) < 4.78 is 13.0. The SMILES string of the molecule is CC(CN)(Cc1ccc(F)cc1)N1CC2CCCC2C1. The largest absolute Gasteiger partial charge is 0.329 e. The predicted molar refractivity (Wildman–Crippen MR) is 80.0 cm³/mol. The summed E-state index contributed by atoms with van der Waals surface area (Å²) in [6, 6.07) is 6.87. The van der Waals surface area contributed by atoms with E-state index >= 15 is 0 Å². The Labute approximate surface area is 121 Å². The van der Waals surface area contributed by atoms with Crippen molar-refractivity contribution in [1.29, 1.82) is 0 Å². The lowest BCUT2D eigenvalue weighted by molar-refractivity contribution is 0.131. The van der Waals surface area contributed by atoms with E-state index in [1.54, 1.807) is 12.1 Å². The molecule has 1 aromatic carbocycles. The van der Waals surface area contributed by atoms with Gasteiger partial charge in [0.05, 0.1) is 0 Å². The fraction of sp³-hybridized carbons (Fsp3) is 0.647. The summed E-state index contributed by atoms with van der Waals surface area (Å²) in [5.41, 5.74) is 7.28. The van der Waals surface area contributed by atoms with E-state index in [1.165, 1.54) is 37.9 Å². The van der Waals surface area contributed by atoms with Gasteiger partial charge in [-0.2, -0.15) is 0 Å². The molecule has 3 heteroatoms. The van der Waals surface area contributed by atoms with Crippen molar-refractivity contribution in [3.63, 3.8) is 0 Å². The molecule has 110 valence electrons. The van der Waals surface area contributed by atoms with Crippen molar-refractivity contribution >= 4 is 0 Å². The molecule has 3 rings (SSSR count). The molecule has 2 nitrogen and oxygen atoms in total. The summed E-state index contributed by atoms with van der Waals surface area (Å²) in [5, 5.41) is 0. The van der Waals surface area contributed by atoms with Gasteiger partial charge in [-0.1, -0.05) is 18.6 Å². The Morgan fingerprint density at radius 3 is 2.35 bits per heavy atom. The summed E-state index contributed by atoms with van der Waals surface area (Å²) in [6.45, 7) is 5.31. The third kappa shape index (κ3) is 2.61. The minimum absolute atomic E-state index is 0.00215. The molecule has 1 aromatic rings. The van der Waals surface area contributed by atoms with E-state index in [4.69, 9.17) is 5.73 Å². The van der Waals surface area contributed by atoms with Crippen molar-refractivity contribution in [3.05, 3.63) is 35.6 Å². The number of fused-ring (bicyclic) bond motifs is 1. The van der Waals surface area contributed by atoms with Crippen LogP contribution in [0.3, 0.4) is 0 Å². The summed E-state index contributed by atoms with van der Waals surface area (Å²) in [4.78, 5) is 2.59. The first-order valence-electron chi connectivity index (χ1n) is 7.80. The highest BCUT2D eigenvalue weighted by molar-refractivity contribution is 5.19. The van der Waals surface area contributed by atoms with Crippen LogP contribution in [-0.4, -0.2) is 30.1 Å². The average molecular weight is 276 g/mol. The molecule has 3 unspecified atom stereocenters. The van der Waals surface area contributed by atoms with Crippen LogP contribution in [0.4, 0.5) is 4.39 Å². The first kappa shape index (κ1) is 14.0. The molecular weight excluding hydrogens is 251 g/mol. The summed E-state index contributed by atoms with van der Waals surface area (Å²) in [6.07, 6.45) is 5.08. The van der Waals surface area contributed by atoms with E-state index in [2.05, 4.69) is 11.8 Å². The zero-order chi connectivity index (χ0) is 14.2. The number of hydrogen-bond acceptors (Lipinski definition) is 2. The molecular formula is C17H25FN2. The van der Waals surface area contributed by atoms with Crippen LogP contribution in [0.1, 0.15) is 31.7 Å². The van der Waals surface area contributed by atoms with Crippen LogP contribution in [0, 0.1) is 17.7 Å². The fourth-order valence-corrected chi connectivity index (χ4v) is 4.03. The molecule has 2 aliphatic rings. The van der Waals surface area contributed by atoms with Crippen LogP contribution in [0.25, 0.3) is 0 Å². The monoisotopic (exact) mass is 276 g/mol. The number of nitrogens with zero attached hydrogens (tertiary/aromatic N) is 1. The van der Waals surface area contributed by atoms with Gasteiger partial charge in [-0.3, -0.25) is 4.90 Å². The molecule has 20 heavy (non-hydrogen) atoms. The van der Waals surface area contributed by atoms with Gasteiger partial charge in [0.1, 0.15) is 5.82 Å². The minimum Gasteiger partial charge on any atom is -0.329 e. The second-order valence-electron chi connectivity index (χ2n) is 6.86. The van der Waals surface area contributed by atoms with Crippen LogP contribution in [-0.2, 0) is 6.42 Å². The van der Waals surface area contributed by atoms with Crippen molar-refractivity contribution in [2.45, 2.75) is 38.1 Å². The Morgan fingerprint density at radius 1 is 1.20 bits per heavy atom. The van der Waals surface area contributed by atoms with Crippen LogP contribution in [0.15, 0.2) is 24.3 Å². The second kappa shape index (κ2) is 5.45. The lowest BCUT2D eigenvalue weighted by Crippen LogP contribution is -2.52. The van der Waals surface area contributed by atoms with E-state index < -0.39 is 0 Å². The van der Waals surface area contributed by atoms with E-state index in [1.807, 2.05) is 12.1 Å². The van der Waals surface area contributed by atoms with Gasteiger partial charge in [-0.25, -0.2) is 4.39 Å². The molecule has 1 aliphatic carbocycles. The van der Waals surface area contributed by atoms with Gasteiger partial charge < -0.3 is 5.73 Å². The molecule has 0 amide bonds. The minimum atomic E-state index is -0.168. The molecule has 1 saturated heterocycles. The Balaban J connectivity index is 1.72. The molecule has 2 fully saturated rings. The predicted octanol–water partition coefficient (Wildman–Crippen LogP) is 2.82. The zero-order valence-corrected chi connectivity index (χ0v) is 12.3. The Morgan fingerprint density at radius 2 is 1.80 bits per heavy atom. The van der Waals surface area contributed by atoms with Gasteiger partial charge in [0.25, 0.3) is 0 Å². The van der Waals surface area contributed by atoms with Crippen molar-refractivity contribution in [2.24, 2.45) is 17.6 Å². The van der Waals surface area contributed by atoms with Crippen molar-refractivity contribution in [1.82, 2.24) is 4.90 Å². The van der Waals surface area contributed by atoms with Gasteiger partial charge in [-0.15, -0.1) is 0 Å². The average Bonchev–Trinajstić information content (AvgIpc) is 3.02. The van der Waals surface area contributed by atoms with Crippen molar-refractivity contribution < 1.29 is 4.39 Å². The van der Waals surface area contributed by atoms with Crippen molar-refractivity contribution in [3.8, 4) is 0 Å². The number of rotatable bonds is 4. The fourth-order valence-electron chi connectivity index (χ4n) is 4.03. The normalized spacial score (nSPS) is 29.4. The molecule has 1 saturated carbocycles. The molecule has 1 heterocycles. The molecule has 0 bridgehead atoms. The zero-order valence-electron chi connectivity index (χ0n) is 12.3. The number of nitrogens with two attached hydrogens (primary N) is 1. The summed E-state index contributed by atoms with van der Waals surface area (Å²) in [7, 11) is 0. The van der Waals surface area contributed by atoms with Gasteiger partial charge in [0.15, 0.2) is 0 Å². The standard InChI is InChI=1S/C17H25FN2/c1-17(12-19,9-13-5-7-16(18)8-6-13)20-10-14-3-2-4-15(14)11-20/h5-8,14-15H,2-4,9-12,19H2,1H3. The van der Waals surface area contributed by atoms with E-state index in [0.29, 0.717) is 6.54 Å². The smallest absolute Gasteiger partial charge is 0.123 e. The van der Waals surface area contributed by atoms with Crippen LogP contribution < -0.4 is 5.73 Å². The van der Waals surface area contributed by atoms with Crippen LogP contribution in [0.5, 0.6) is 0 Å². The Bertz CT molecular complexity index is 447. The maximum atomic E-state index is 13.0. The Hall–Kier alpha value is -0.930. The van der Waals surface area contributed by atoms with Gasteiger partial charge in [0, 0.05) is 25.2 Å².